The summed E-state index contributed by atoms with van der Waals surface area (Å²) in [4.78, 5) is 25.1. The zero-order valence-electron chi connectivity index (χ0n) is 16.8. The van der Waals surface area contributed by atoms with Crippen LogP contribution in [0.2, 0.25) is 0 Å². The summed E-state index contributed by atoms with van der Waals surface area (Å²) in [5, 5.41) is 5.95. The molecule has 0 aliphatic rings. The normalized spacial score (nSPS) is 11.5. The third-order valence-corrected chi connectivity index (χ3v) is 4.87. The van der Waals surface area contributed by atoms with Crippen molar-refractivity contribution in [2.75, 3.05) is 5.32 Å². The molecule has 3 rings (SSSR count). The van der Waals surface area contributed by atoms with Crippen LogP contribution in [0.4, 0.5) is 5.69 Å². The number of hydrogen-bond acceptors (Lipinski definition) is 2. The van der Waals surface area contributed by atoms with Gasteiger partial charge in [-0.15, -0.1) is 0 Å². The lowest BCUT2D eigenvalue weighted by molar-refractivity contribution is 0.0937. The summed E-state index contributed by atoms with van der Waals surface area (Å²) in [5.41, 5.74) is 3.92. The van der Waals surface area contributed by atoms with Gasteiger partial charge < -0.3 is 10.6 Å². The van der Waals surface area contributed by atoms with E-state index in [0.29, 0.717) is 16.8 Å². The van der Waals surface area contributed by atoms with Gasteiger partial charge in [0.2, 0.25) is 0 Å². The second-order valence-electron chi connectivity index (χ2n) is 7.25. The first kappa shape index (κ1) is 20.3. The topological polar surface area (TPSA) is 58.2 Å². The first-order valence-electron chi connectivity index (χ1n) is 9.85. The fraction of sp³-hybridized carbons (Fsp3) is 0.200. The fourth-order valence-electron chi connectivity index (χ4n) is 3.09. The molecule has 148 valence electrons. The molecule has 0 saturated heterocycles. The van der Waals surface area contributed by atoms with Gasteiger partial charge in [0, 0.05) is 22.9 Å². The van der Waals surface area contributed by atoms with E-state index in [0.717, 1.165) is 18.4 Å². The highest BCUT2D eigenvalue weighted by atomic mass is 16.2. The minimum absolute atomic E-state index is 0.0476. The number of rotatable bonds is 7. The second-order valence-corrected chi connectivity index (χ2v) is 7.25. The van der Waals surface area contributed by atoms with Crippen LogP contribution in [0.25, 0.3) is 0 Å². The summed E-state index contributed by atoms with van der Waals surface area (Å²) in [6.07, 6.45) is 1.77. The van der Waals surface area contributed by atoms with E-state index < -0.39 is 0 Å². The number of benzene rings is 3. The maximum atomic E-state index is 12.7. The van der Waals surface area contributed by atoms with Crippen LogP contribution in [0.15, 0.2) is 78.9 Å². The van der Waals surface area contributed by atoms with Gasteiger partial charge in [-0.2, -0.15) is 0 Å². The molecule has 3 aromatic carbocycles. The van der Waals surface area contributed by atoms with Crippen LogP contribution in [0.5, 0.6) is 0 Å². The number of anilines is 1. The average molecular weight is 386 g/mol. The summed E-state index contributed by atoms with van der Waals surface area (Å²) >= 11 is 0. The summed E-state index contributed by atoms with van der Waals surface area (Å²) in [7, 11) is 0. The first-order chi connectivity index (χ1) is 14.0. The molecule has 3 aromatic rings. The van der Waals surface area contributed by atoms with Crippen LogP contribution in [-0.4, -0.2) is 17.9 Å². The lowest BCUT2D eigenvalue weighted by Crippen LogP contribution is -2.33. The molecule has 1 unspecified atom stereocenters. The number of nitrogens with one attached hydrogen (secondary N) is 2. The Labute approximate surface area is 172 Å². The van der Waals surface area contributed by atoms with Crippen molar-refractivity contribution in [1.82, 2.24) is 5.32 Å². The maximum absolute atomic E-state index is 12.7. The highest BCUT2D eigenvalue weighted by molar-refractivity contribution is 6.05. The molecule has 0 aromatic heterocycles. The van der Waals surface area contributed by atoms with E-state index in [-0.39, 0.29) is 17.9 Å². The third-order valence-electron chi connectivity index (χ3n) is 4.87. The van der Waals surface area contributed by atoms with E-state index in [4.69, 9.17) is 0 Å². The Balaban J connectivity index is 1.62. The Kier molecular flexibility index (Phi) is 6.80. The highest BCUT2D eigenvalue weighted by Gasteiger charge is 2.13. The molecule has 0 heterocycles. The summed E-state index contributed by atoms with van der Waals surface area (Å²) < 4.78 is 0. The minimum Gasteiger partial charge on any atom is -0.350 e. The predicted octanol–water partition coefficient (Wildman–Crippen LogP) is 5.00. The first-order valence-corrected chi connectivity index (χ1v) is 9.85. The standard InChI is InChI=1S/C25H26N2O2/c1-18-13-16-22(17-23(18)27-24(28)21-11-7-4-8-12-21)25(29)26-19(2)14-15-20-9-5-3-6-10-20/h3-13,16-17,19H,14-15H2,1-2H3,(H,26,29)(H,27,28). The molecule has 2 amide bonds. The molecule has 0 aliphatic heterocycles. The van der Waals surface area contributed by atoms with Gasteiger partial charge in [-0.25, -0.2) is 0 Å². The molecule has 4 heteroatoms. The number of carbonyl (C=O) groups excluding carboxylic acids is 2. The van der Waals surface area contributed by atoms with E-state index in [1.165, 1.54) is 5.56 Å². The van der Waals surface area contributed by atoms with Crippen LogP contribution in [0.3, 0.4) is 0 Å². The molecular weight excluding hydrogens is 360 g/mol. The maximum Gasteiger partial charge on any atom is 0.255 e. The van der Waals surface area contributed by atoms with Gasteiger partial charge in [0.15, 0.2) is 0 Å². The quantitative estimate of drug-likeness (QED) is 0.600. The van der Waals surface area contributed by atoms with Gasteiger partial charge in [0.05, 0.1) is 0 Å². The molecule has 0 aliphatic carbocycles. The van der Waals surface area contributed by atoms with Crippen LogP contribution >= 0.6 is 0 Å². The molecular formula is C25H26N2O2. The minimum atomic E-state index is -0.192. The second kappa shape index (κ2) is 9.69. The van der Waals surface area contributed by atoms with E-state index in [9.17, 15) is 9.59 Å². The summed E-state index contributed by atoms with van der Waals surface area (Å²) in [6, 6.07) is 24.7. The fourth-order valence-corrected chi connectivity index (χ4v) is 3.09. The van der Waals surface area contributed by atoms with Gasteiger partial charge in [-0.3, -0.25) is 9.59 Å². The van der Waals surface area contributed by atoms with Crippen molar-refractivity contribution in [1.29, 1.82) is 0 Å². The largest absolute Gasteiger partial charge is 0.350 e. The van der Waals surface area contributed by atoms with Gasteiger partial charge in [-0.1, -0.05) is 54.6 Å². The lowest BCUT2D eigenvalue weighted by atomic mass is 10.1. The van der Waals surface area contributed by atoms with E-state index in [2.05, 4.69) is 22.8 Å². The third kappa shape index (κ3) is 5.79. The SMILES string of the molecule is Cc1ccc(C(=O)NC(C)CCc2ccccc2)cc1NC(=O)c1ccccc1. The Bertz CT molecular complexity index is 969. The number of hydrogen-bond donors (Lipinski definition) is 2. The molecule has 29 heavy (non-hydrogen) atoms. The smallest absolute Gasteiger partial charge is 0.255 e. The number of carbonyl (C=O) groups is 2. The molecule has 0 bridgehead atoms. The van der Waals surface area contributed by atoms with E-state index >= 15 is 0 Å². The Morgan fingerprint density at radius 1 is 0.828 bits per heavy atom. The van der Waals surface area contributed by atoms with Crippen molar-refractivity contribution >= 4 is 17.5 Å². The Hall–Kier alpha value is -3.40. The highest BCUT2D eigenvalue weighted by Crippen LogP contribution is 2.18. The lowest BCUT2D eigenvalue weighted by Gasteiger charge is -2.15. The van der Waals surface area contributed by atoms with Crippen molar-refractivity contribution in [2.24, 2.45) is 0 Å². The van der Waals surface area contributed by atoms with Crippen molar-refractivity contribution in [3.63, 3.8) is 0 Å². The molecule has 0 spiro atoms. The summed E-state index contributed by atoms with van der Waals surface area (Å²) in [6.45, 7) is 3.91. The molecule has 0 radical (unpaired) electrons. The van der Waals surface area contributed by atoms with E-state index in [1.54, 1.807) is 24.3 Å². The number of aryl methyl sites for hydroxylation is 2. The zero-order chi connectivity index (χ0) is 20.6. The molecule has 0 fully saturated rings. The van der Waals surface area contributed by atoms with Crippen molar-refractivity contribution in [2.45, 2.75) is 32.7 Å². The predicted molar refractivity (Wildman–Crippen MR) is 117 cm³/mol. The van der Waals surface area contributed by atoms with Crippen molar-refractivity contribution in [3.05, 3.63) is 101 Å². The number of amides is 2. The van der Waals surface area contributed by atoms with Gasteiger partial charge in [0.1, 0.15) is 0 Å². The van der Waals surface area contributed by atoms with Crippen molar-refractivity contribution in [3.8, 4) is 0 Å². The van der Waals surface area contributed by atoms with Gasteiger partial charge in [0.25, 0.3) is 11.8 Å². The monoisotopic (exact) mass is 386 g/mol. The van der Waals surface area contributed by atoms with E-state index in [1.807, 2.05) is 56.3 Å². The van der Waals surface area contributed by atoms with Crippen LogP contribution < -0.4 is 10.6 Å². The van der Waals surface area contributed by atoms with Crippen molar-refractivity contribution < 1.29 is 9.59 Å². The molecule has 4 nitrogen and oxygen atoms in total. The molecule has 0 saturated carbocycles. The van der Waals surface area contributed by atoms with Gasteiger partial charge in [-0.05, 0) is 62.1 Å². The average Bonchev–Trinajstić information content (AvgIpc) is 2.75. The molecule has 2 N–H and O–H groups in total. The zero-order valence-corrected chi connectivity index (χ0v) is 16.8. The van der Waals surface area contributed by atoms with Crippen LogP contribution in [-0.2, 0) is 6.42 Å². The Morgan fingerprint density at radius 2 is 1.48 bits per heavy atom. The summed E-state index contributed by atoms with van der Waals surface area (Å²) in [5.74, 6) is -0.330. The Morgan fingerprint density at radius 3 is 2.17 bits per heavy atom. The van der Waals surface area contributed by atoms with Gasteiger partial charge >= 0.3 is 0 Å². The molecule has 1 atom stereocenters. The van der Waals surface area contributed by atoms with Crippen LogP contribution in [0, 0.1) is 6.92 Å². The van der Waals surface area contributed by atoms with Crippen LogP contribution in [0.1, 0.15) is 45.2 Å².